The minimum Gasteiger partial charge on any atom is -0.465 e. The highest BCUT2D eigenvalue weighted by atomic mass is 32.2. The Labute approximate surface area is 175 Å². The van der Waals surface area contributed by atoms with Crippen LogP contribution in [0.3, 0.4) is 0 Å². The van der Waals surface area contributed by atoms with Gasteiger partial charge in [-0.25, -0.2) is 17.9 Å². The van der Waals surface area contributed by atoms with E-state index in [-0.39, 0.29) is 17.6 Å². The van der Waals surface area contributed by atoms with Crippen molar-refractivity contribution in [3.63, 3.8) is 0 Å². The Morgan fingerprint density at radius 1 is 1.33 bits per heavy atom. The Balaban J connectivity index is 1.66. The molecule has 0 unspecified atom stereocenters. The summed E-state index contributed by atoms with van der Waals surface area (Å²) in [5.41, 5.74) is 1.09. The van der Waals surface area contributed by atoms with Gasteiger partial charge in [0.1, 0.15) is 0 Å². The van der Waals surface area contributed by atoms with Crippen LogP contribution in [-0.4, -0.2) is 73.6 Å². The molecule has 10 nitrogen and oxygen atoms in total. The highest BCUT2D eigenvalue weighted by Gasteiger charge is 2.27. The molecule has 0 aliphatic carbocycles. The first-order chi connectivity index (χ1) is 14.3. The number of aromatic nitrogens is 2. The van der Waals surface area contributed by atoms with Crippen molar-refractivity contribution in [2.75, 3.05) is 43.9 Å². The Bertz CT molecular complexity index is 969. The molecule has 2 heterocycles. The van der Waals surface area contributed by atoms with E-state index in [2.05, 4.69) is 19.8 Å². The van der Waals surface area contributed by atoms with Crippen molar-refractivity contribution >= 4 is 21.8 Å². The van der Waals surface area contributed by atoms with Gasteiger partial charge in [-0.2, -0.15) is 4.98 Å². The molecule has 1 saturated heterocycles. The van der Waals surface area contributed by atoms with Gasteiger partial charge in [0.2, 0.25) is 10.0 Å². The predicted octanol–water partition coefficient (Wildman–Crippen LogP) is 1.79. The fourth-order valence-corrected chi connectivity index (χ4v) is 4.28. The zero-order valence-corrected chi connectivity index (χ0v) is 17.9. The molecule has 164 valence electrons. The molecule has 0 spiro atoms. The first-order valence-electron chi connectivity index (χ1n) is 9.83. The lowest BCUT2D eigenvalue weighted by atomic mass is 9.96. The van der Waals surface area contributed by atoms with E-state index < -0.39 is 16.1 Å². The van der Waals surface area contributed by atoms with E-state index in [1.807, 2.05) is 0 Å². The van der Waals surface area contributed by atoms with Gasteiger partial charge in [-0.1, -0.05) is 17.3 Å². The fourth-order valence-electron chi connectivity index (χ4n) is 3.58. The van der Waals surface area contributed by atoms with E-state index in [0.717, 1.165) is 25.9 Å². The zero-order valence-electron chi connectivity index (χ0n) is 17.1. The second kappa shape index (κ2) is 9.54. The number of benzene rings is 1. The van der Waals surface area contributed by atoms with Crippen molar-refractivity contribution in [1.29, 1.82) is 0 Å². The predicted molar refractivity (Wildman–Crippen MR) is 112 cm³/mol. The second-order valence-corrected chi connectivity index (χ2v) is 9.41. The highest BCUT2D eigenvalue weighted by Crippen LogP contribution is 2.31. The normalized spacial score (nSPS) is 15.9. The van der Waals surface area contributed by atoms with Crippen LogP contribution in [0, 0.1) is 12.8 Å². The van der Waals surface area contributed by atoms with Crippen LogP contribution in [0.4, 0.5) is 10.5 Å². The maximum atomic E-state index is 12.0. The Hall–Kier alpha value is -2.50. The number of anilines is 1. The van der Waals surface area contributed by atoms with Crippen molar-refractivity contribution < 1.29 is 22.8 Å². The van der Waals surface area contributed by atoms with Crippen molar-refractivity contribution in [2.45, 2.75) is 19.8 Å². The van der Waals surface area contributed by atoms with Crippen LogP contribution < -0.4 is 9.62 Å². The zero-order chi connectivity index (χ0) is 21.7. The average Bonchev–Trinajstić information content (AvgIpc) is 3.17. The summed E-state index contributed by atoms with van der Waals surface area (Å²) in [4.78, 5) is 19.7. The van der Waals surface area contributed by atoms with Crippen LogP contribution in [0.1, 0.15) is 18.7 Å². The molecule has 0 atom stereocenters. The number of hydrogen-bond donors (Lipinski definition) is 2. The maximum Gasteiger partial charge on any atom is 0.411 e. The van der Waals surface area contributed by atoms with Gasteiger partial charge in [-0.15, -0.1) is 0 Å². The number of amides is 1. The number of nitrogens with zero attached hydrogens (tertiary/aromatic N) is 4. The standard InChI is InChI=1S/C19H27N5O5S/c1-14-21-18(29-22-14)16-5-3-4-6-17(16)24(19(25)26)13-15-7-9-23(10-8-15)11-12-30(27,28)20-2/h3-6,15,20H,7-13H2,1-2H3,(H,25,26). The quantitative estimate of drug-likeness (QED) is 0.639. The number of piperidine rings is 1. The Kier molecular flexibility index (Phi) is 7.06. The Morgan fingerprint density at radius 2 is 2.03 bits per heavy atom. The summed E-state index contributed by atoms with van der Waals surface area (Å²) in [6.45, 7) is 4.00. The van der Waals surface area contributed by atoms with Crippen LogP contribution in [-0.2, 0) is 10.0 Å². The van der Waals surface area contributed by atoms with Gasteiger partial charge in [0, 0.05) is 13.1 Å². The van der Waals surface area contributed by atoms with Gasteiger partial charge in [0.15, 0.2) is 5.82 Å². The molecule has 3 rings (SSSR count). The van der Waals surface area contributed by atoms with Crippen molar-refractivity contribution in [3.05, 3.63) is 30.1 Å². The number of carboxylic acid groups (broad SMARTS) is 1. The van der Waals surface area contributed by atoms with Gasteiger partial charge >= 0.3 is 6.09 Å². The number of rotatable bonds is 8. The maximum absolute atomic E-state index is 12.0. The van der Waals surface area contributed by atoms with E-state index >= 15 is 0 Å². The topological polar surface area (TPSA) is 129 Å². The van der Waals surface area contributed by atoms with E-state index in [4.69, 9.17) is 4.52 Å². The molecule has 2 aromatic rings. The van der Waals surface area contributed by atoms with E-state index in [0.29, 0.717) is 30.2 Å². The van der Waals surface area contributed by atoms with Crippen LogP contribution in [0.2, 0.25) is 0 Å². The molecule has 1 aliphatic heterocycles. The molecule has 11 heteroatoms. The third-order valence-electron chi connectivity index (χ3n) is 5.32. The summed E-state index contributed by atoms with van der Waals surface area (Å²) in [7, 11) is -1.81. The van der Waals surface area contributed by atoms with Crippen molar-refractivity contribution in [3.8, 4) is 11.5 Å². The number of carbonyl (C=O) groups is 1. The number of nitrogens with one attached hydrogen (secondary N) is 1. The molecular weight excluding hydrogens is 410 g/mol. The minimum atomic E-state index is -3.23. The first-order valence-corrected chi connectivity index (χ1v) is 11.5. The molecule has 1 aliphatic rings. The molecule has 2 N–H and O–H groups in total. The molecule has 1 aromatic heterocycles. The monoisotopic (exact) mass is 437 g/mol. The lowest BCUT2D eigenvalue weighted by molar-refractivity contribution is 0.183. The SMILES string of the molecule is CNS(=O)(=O)CCN1CCC(CN(C(=O)O)c2ccccc2-c2nc(C)no2)CC1. The number of sulfonamides is 1. The van der Waals surface area contributed by atoms with Gasteiger partial charge < -0.3 is 14.5 Å². The van der Waals surface area contributed by atoms with E-state index in [1.165, 1.54) is 11.9 Å². The van der Waals surface area contributed by atoms with Gasteiger partial charge in [-0.05, 0) is 58.0 Å². The summed E-state index contributed by atoms with van der Waals surface area (Å²) in [6.07, 6.45) is 0.553. The Morgan fingerprint density at radius 3 is 2.63 bits per heavy atom. The molecule has 1 aromatic carbocycles. The number of likely N-dealkylation sites (tertiary alicyclic amines) is 1. The molecular formula is C19H27N5O5S. The van der Waals surface area contributed by atoms with Crippen LogP contribution in [0.15, 0.2) is 28.8 Å². The molecule has 30 heavy (non-hydrogen) atoms. The van der Waals surface area contributed by atoms with Gasteiger partial charge in [-0.3, -0.25) is 4.90 Å². The number of para-hydroxylation sites is 1. The van der Waals surface area contributed by atoms with Crippen LogP contribution >= 0.6 is 0 Å². The van der Waals surface area contributed by atoms with Crippen LogP contribution in [0.5, 0.6) is 0 Å². The van der Waals surface area contributed by atoms with Gasteiger partial charge in [0.05, 0.1) is 17.0 Å². The largest absolute Gasteiger partial charge is 0.465 e. The third kappa shape index (κ3) is 5.55. The lowest BCUT2D eigenvalue weighted by Crippen LogP contribution is -2.42. The third-order valence-corrected chi connectivity index (χ3v) is 6.66. The van der Waals surface area contributed by atoms with Crippen molar-refractivity contribution in [2.24, 2.45) is 5.92 Å². The van der Waals surface area contributed by atoms with E-state index in [1.54, 1.807) is 31.2 Å². The first kappa shape index (κ1) is 22.2. The van der Waals surface area contributed by atoms with E-state index in [9.17, 15) is 18.3 Å². The molecule has 1 amide bonds. The average molecular weight is 438 g/mol. The summed E-state index contributed by atoms with van der Waals surface area (Å²) in [6, 6.07) is 7.09. The number of aryl methyl sites for hydroxylation is 1. The molecule has 0 saturated carbocycles. The van der Waals surface area contributed by atoms with Gasteiger partial charge in [0.25, 0.3) is 5.89 Å². The summed E-state index contributed by atoms with van der Waals surface area (Å²) in [5, 5.41) is 13.7. The van der Waals surface area contributed by atoms with Crippen LogP contribution in [0.25, 0.3) is 11.5 Å². The molecule has 0 bridgehead atoms. The molecule has 0 radical (unpaired) electrons. The summed E-state index contributed by atoms with van der Waals surface area (Å²) < 4.78 is 30.8. The number of hydrogen-bond acceptors (Lipinski definition) is 7. The highest BCUT2D eigenvalue weighted by molar-refractivity contribution is 7.89. The fraction of sp³-hybridized carbons (Fsp3) is 0.526. The lowest BCUT2D eigenvalue weighted by Gasteiger charge is -2.34. The molecule has 1 fully saturated rings. The summed E-state index contributed by atoms with van der Waals surface area (Å²) in [5.74, 6) is 1.01. The van der Waals surface area contributed by atoms with Crippen molar-refractivity contribution in [1.82, 2.24) is 19.8 Å². The minimum absolute atomic E-state index is 0.0619. The second-order valence-electron chi connectivity index (χ2n) is 7.37. The smallest absolute Gasteiger partial charge is 0.411 e. The summed E-state index contributed by atoms with van der Waals surface area (Å²) >= 11 is 0.